The molecule has 9 heteroatoms. The summed E-state index contributed by atoms with van der Waals surface area (Å²) in [5.74, 6) is 2.39. The summed E-state index contributed by atoms with van der Waals surface area (Å²) in [5.41, 5.74) is 4.20. The minimum Gasteiger partial charge on any atom is -0.508 e. The van der Waals surface area contributed by atoms with Gasteiger partial charge in [-0.2, -0.15) is 0 Å². The van der Waals surface area contributed by atoms with Crippen LogP contribution in [0.2, 0.25) is 0 Å². The van der Waals surface area contributed by atoms with E-state index in [9.17, 15) is 30.0 Å². The van der Waals surface area contributed by atoms with Crippen LogP contribution >= 0.6 is 0 Å². The fraction of sp³-hybridized carbons (Fsp3) is 0.389. The van der Waals surface area contributed by atoms with Crippen LogP contribution < -0.4 is 0 Å². The van der Waals surface area contributed by atoms with Crippen LogP contribution in [-0.4, -0.2) is 47.3 Å². The molecule has 0 aromatic heterocycles. The third-order valence-corrected chi connectivity index (χ3v) is 8.62. The first kappa shape index (κ1) is 98.9. The quantitative estimate of drug-likeness (QED) is 0.0904. The van der Waals surface area contributed by atoms with Crippen LogP contribution in [0.4, 0.5) is 0 Å². The number of aromatic hydroxyl groups is 7. The first-order valence-electron chi connectivity index (χ1n) is 27.0. The van der Waals surface area contributed by atoms with Gasteiger partial charge in [-0.05, 0) is 135 Å². The Hall–Kier alpha value is -7.52. The molecule has 0 unspecified atom stereocenters. The Balaban J connectivity index is -0.0000000788. The van der Waals surface area contributed by atoms with Crippen molar-refractivity contribution < 1.29 is 45.3 Å². The highest BCUT2D eigenvalue weighted by Gasteiger charge is 2.23. The molecule has 0 aliphatic carbocycles. The van der Waals surface area contributed by atoms with Gasteiger partial charge in [0.2, 0.25) is 0 Å². The fourth-order valence-electron chi connectivity index (χ4n) is 5.13. The molecule has 0 saturated heterocycles. The second-order valence-corrected chi connectivity index (χ2v) is 15.3. The lowest BCUT2D eigenvalue weighted by atomic mass is 9.78. The van der Waals surface area contributed by atoms with E-state index in [1.165, 1.54) is 27.7 Å². The predicted molar refractivity (Wildman–Crippen MR) is 360 cm³/mol. The van der Waals surface area contributed by atoms with E-state index < -0.39 is 0 Å². The molecule has 0 amide bonds. The molecular formula is C72H120O9. The third kappa shape index (κ3) is 55.6. The van der Waals surface area contributed by atoms with E-state index in [1.54, 1.807) is 121 Å². The van der Waals surface area contributed by atoms with E-state index >= 15 is 0 Å². The van der Waals surface area contributed by atoms with Crippen molar-refractivity contribution in [2.75, 3.05) is 0 Å². The van der Waals surface area contributed by atoms with Crippen LogP contribution in [0.5, 0.6) is 40.2 Å². The van der Waals surface area contributed by atoms with Crippen LogP contribution in [0, 0.1) is 0 Å². The minimum absolute atomic E-state index is 0. The Morgan fingerprint density at radius 1 is 0.235 bits per heavy atom. The number of benzene rings is 7. The van der Waals surface area contributed by atoms with Gasteiger partial charge in [0.15, 0.2) is 0 Å². The Morgan fingerprint density at radius 2 is 0.333 bits per heavy atom. The van der Waals surface area contributed by atoms with Gasteiger partial charge in [-0.15, -0.1) is 0 Å². The lowest BCUT2D eigenvalue weighted by molar-refractivity contribution is -0.115. The normalized spacial score (nSPS) is 8.17. The Labute approximate surface area is 498 Å². The Morgan fingerprint density at radius 3 is 0.420 bits per heavy atom. The number of hydrogen-bond acceptors (Lipinski definition) is 9. The number of para-hydroxylation sites is 3. The smallest absolute Gasteiger partial charge is 0.126 e. The van der Waals surface area contributed by atoms with Crippen molar-refractivity contribution in [3.63, 3.8) is 0 Å². The standard InChI is InChI=1S/2C15H16O2.3C6H6O.2C3H6O.7C2H6.4CH4/c2*1-15(2,11-3-7-13(16)8-4-11)12-5-9-14(17)10-6-12;3*7-6-4-2-1-3-5-6;2*1-3(2)4;7*1-2;;;;/h2*3-10,16-17H,1-2H3;3*1-5,7H;2*1-2H3;7*1-2H3;4*1H4. The molecule has 0 atom stereocenters. The molecule has 9 nitrogen and oxygen atoms in total. The number of rotatable bonds is 4. The summed E-state index contributed by atoms with van der Waals surface area (Å²) in [6.45, 7) is 42.6. The molecule has 0 heterocycles. The van der Waals surface area contributed by atoms with E-state index in [0.29, 0.717) is 17.2 Å². The first-order chi connectivity index (χ1) is 36.6. The lowest BCUT2D eigenvalue weighted by Crippen LogP contribution is -2.18. The van der Waals surface area contributed by atoms with Crippen LogP contribution in [0.3, 0.4) is 0 Å². The van der Waals surface area contributed by atoms with Gasteiger partial charge in [0.1, 0.15) is 51.8 Å². The van der Waals surface area contributed by atoms with E-state index in [-0.39, 0.29) is 75.1 Å². The zero-order chi connectivity index (χ0) is 61.4. The summed E-state index contributed by atoms with van der Waals surface area (Å²) in [5, 5.41) is 63.1. The summed E-state index contributed by atoms with van der Waals surface area (Å²) in [6.07, 6.45) is 0. The van der Waals surface area contributed by atoms with Gasteiger partial charge in [-0.25, -0.2) is 0 Å². The maximum absolute atomic E-state index is 9.44. The van der Waals surface area contributed by atoms with Crippen LogP contribution in [0.25, 0.3) is 0 Å². The molecule has 7 N–H and O–H groups in total. The topological polar surface area (TPSA) is 176 Å². The van der Waals surface area contributed by atoms with Gasteiger partial charge in [0, 0.05) is 10.8 Å². The molecule has 462 valence electrons. The molecule has 0 aliphatic heterocycles. The van der Waals surface area contributed by atoms with Crippen molar-refractivity contribution in [1.29, 1.82) is 0 Å². The number of carbonyl (C=O) groups excluding carboxylic acids is 2. The maximum Gasteiger partial charge on any atom is 0.126 e. The van der Waals surface area contributed by atoms with Crippen molar-refractivity contribution in [2.24, 2.45) is 0 Å². The molecule has 0 saturated carbocycles. The maximum atomic E-state index is 9.44. The second-order valence-electron chi connectivity index (χ2n) is 15.3. The zero-order valence-corrected chi connectivity index (χ0v) is 51.3. The SMILES string of the molecule is C.C.C.C.CC.CC.CC.CC.CC.CC.CC.CC(C)(c1ccc(O)cc1)c1ccc(O)cc1.CC(C)(c1ccc(O)cc1)c1ccc(O)cc1.CC(C)=O.CC(C)=O.Oc1ccccc1.Oc1ccccc1.Oc1ccccc1. The van der Waals surface area contributed by atoms with Gasteiger partial charge < -0.3 is 45.3 Å². The number of phenolic OH excluding ortho intramolecular Hbond substituents is 7. The van der Waals surface area contributed by atoms with Gasteiger partial charge in [-0.1, -0.05) is 257 Å². The zero-order valence-electron chi connectivity index (χ0n) is 51.3. The van der Waals surface area contributed by atoms with Crippen LogP contribution in [-0.2, 0) is 20.4 Å². The summed E-state index contributed by atoms with van der Waals surface area (Å²) in [7, 11) is 0. The monoisotopic (exact) mass is 1130 g/mol. The number of ketones is 2. The molecule has 7 aromatic rings. The molecule has 0 aliphatic rings. The highest BCUT2D eigenvalue weighted by molar-refractivity contribution is 5.72. The van der Waals surface area contributed by atoms with Crippen molar-refractivity contribution in [2.45, 2.75) is 193 Å². The van der Waals surface area contributed by atoms with E-state index in [2.05, 4.69) is 27.7 Å². The molecule has 0 fully saturated rings. The van der Waals surface area contributed by atoms with Crippen LogP contribution in [0.1, 0.15) is 204 Å². The second kappa shape index (κ2) is 66.8. The number of Topliss-reactive ketones (excluding diaryl/α,β-unsaturated/α-hetero) is 2. The van der Waals surface area contributed by atoms with Gasteiger partial charge >= 0.3 is 0 Å². The van der Waals surface area contributed by atoms with Crippen molar-refractivity contribution in [3.05, 3.63) is 210 Å². The third-order valence-electron chi connectivity index (χ3n) is 8.62. The van der Waals surface area contributed by atoms with E-state index in [1.807, 2.05) is 164 Å². The highest BCUT2D eigenvalue weighted by Crippen LogP contribution is 2.34. The van der Waals surface area contributed by atoms with E-state index in [4.69, 9.17) is 15.3 Å². The molecule has 7 rings (SSSR count). The average molecular weight is 1130 g/mol. The van der Waals surface area contributed by atoms with Crippen molar-refractivity contribution in [1.82, 2.24) is 0 Å². The largest absolute Gasteiger partial charge is 0.508 e. The predicted octanol–water partition coefficient (Wildman–Crippen LogP) is 21.9. The average Bonchev–Trinajstić information content (AvgIpc) is 3.44. The molecule has 7 aromatic carbocycles. The van der Waals surface area contributed by atoms with Crippen LogP contribution in [0.15, 0.2) is 188 Å². The minimum atomic E-state index is -0.151. The van der Waals surface area contributed by atoms with E-state index in [0.717, 1.165) is 22.3 Å². The molecule has 0 bridgehead atoms. The van der Waals surface area contributed by atoms with Gasteiger partial charge in [-0.3, -0.25) is 0 Å². The number of carbonyl (C=O) groups is 2. The Bertz CT molecular complexity index is 1970. The lowest BCUT2D eigenvalue weighted by Gasteiger charge is -2.26. The molecule has 81 heavy (non-hydrogen) atoms. The highest BCUT2D eigenvalue weighted by atomic mass is 16.3. The summed E-state index contributed by atoms with van der Waals surface area (Å²) in [6, 6.07) is 55.0. The summed E-state index contributed by atoms with van der Waals surface area (Å²) < 4.78 is 0. The first-order valence-corrected chi connectivity index (χ1v) is 27.0. The number of hydrogen-bond donors (Lipinski definition) is 7. The molecule has 0 spiro atoms. The molecular weight excluding hydrogens is 1010 g/mol. The number of phenols is 7. The summed E-state index contributed by atoms with van der Waals surface area (Å²) >= 11 is 0. The fourth-order valence-corrected chi connectivity index (χ4v) is 5.13. The summed E-state index contributed by atoms with van der Waals surface area (Å²) in [4.78, 5) is 18.9. The molecule has 0 radical (unpaired) electrons. The van der Waals surface area contributed by atoms with Gasteiger partial charge in [0.25, 0.3) is 0 Å². The Kier molecular flexibility index (Phi) is 81.5. The van der Waals surface area contributed by atoms with Crippen molar-refractivity contribution >= 4 is 11.6 Å². The van der Waals surface area contributed by atoms with Crippen molar-refractivity contribution in [3.8, 4) is 40.2 Å². The van der Waals surface area contributed by atoms with Gasteiger partial charge in [0.05, 0.1) is 0 Å².